The SMILES string of the molecule is CCCNC1CCCCC(COC(C)C)C1. The summed E-state index contributed by atoms with van der Waals surface area (Å²) < 4.78 is 5.76. The Bertz CT molecular complexity index is 170. The number of hydrogen-bond acceptors (Lipinski definition) is 2. The highest BCUT2D eigenvalue weighted by molar-refractivity contribution is 4.76. The second-order valence-electron chi connectivity index (χ2n) is 5.42. The average molecular weight is 227 g/mol. The molecule has 2 unspecified atom stereocenters. The van der Waals surface area contributed by atoms with E-state index in [2.05, 4.69) is 26.1 Å². The summed E-state index contributed by atoms with van der Waals surface area (Å²) in [5.41, 5.74) is 0. The van der Waals surface area contributed by atoms with E-state index in [1.165, 1.54) is 45.1 Å². The van der Waals surface area contributed by atoms with E-state index in [0.29, 0.717) is 6.10 Å². The summed E-state index contributed by atoms with van der Waals surface area (Å²) in [5.74, 6) is 0.777. The lowest BCUT2D eigenvalue weighted by atomic mass is 9.99. The highest BCUT2D eigenvalue weighted by Crippen LogP contribution is 2.24. The predicted molar refractivity (Wildman–Crippen MR) is 69.7 cm³/mol. The largest absolute Gasteiger partial charge is 0.379 e. The van der Waals surface area contributed by atoms with Crippen LogP contribution in [0.15, 0.2) is 0 Å². The van der Waals surface area contributed by atoms with Crippen molar-refractivity contribution in [2.24, 2.45) is 5.92 Å². The zero-order valence-corrected chi connectivity index (χ0v) is 11.3. The van der Waals surface area contributed by atoms with E-state index in [4.69, 9.17) is 4.74 Å². The Morgan fingerprint density at radius 3 is 2.69 bits per heavy atom. The topological polar surface area (TPSA) is 21.3 Å². The third-order valence-corrected chi connectivity index (χ3v) is 3.38. The van der Waals surface area contributed by atoms with E-state index in [1.807, 2.05) is 0 Å². The number of ether oxygens (including phenoxy) is 1. The molecule has 1 saturated carbocycles. The summed E-state index contributed by atoms with van der Waals surface area (Å²) in [4.78, 5) is 0. The van der Waals surface area contributed by atoms with Crippen molar-refractivity contribution in [3.05, 3.63) is 0 Å². The number of nitrogens with one attached hydrogen (secondary N) is 1. The lowest BCUT2D eigenvalue weighted by Crippen LogP contribution is -2.31. The van der Waals surface area contributed by atoms with Gasteiger partial charge in [-0.1, -0.05) is 19.8 Å². The van der Waals surface area contributed by atoms with Crippen molar-refractivity contribution < 1.29 is 4.74 Å². The van der Waals surface area contributed by atoms with Gasteiger partial charge in [0.25, 0.3) is 0 Å². The Hall–Kier alpha value is -0.0800. The second-order valence-corrected chi connectivity index (χ2v) is 5.42. The van der Waals surface area contributed by atoms with Gasteiger partial charge in [0.15, 0.2) is 0 Å². The molecule has 0 aromatic heterocycles. The normalized spacial score (nSPS) is 27.0. The van der Waals surface area contributed by atoms with Crippen LogP contribution >= 0.6 is 0 Å². The smallest absolute Gasteiger partial charge is 0.0519 e. The molecule has 2 heteroatoms. The molecule has 0 aromatic carbocycles. The molecular weight excluding hydrogens is 198 g/mol. The monoisotopic (exact) mass is 227 g/mol. The fourth-order valence-electron chi connectivity index (χ4n) is 2.48. The van der Waals surface area contributed by atoms with Crippen molar-refractivity contribution in [3.8, 4) is 0 Å². The Kier molecular flexibility index (Phi) is 7.06. The summed E-state index contributed by atoms with van der Waals surface area (Å²) in [6, 6.07) is 0.739. The van der Waals surface area contributed by atoms with Gasteiger partial charge in [-0.15, -0.1) is 0 Å². The molecule has 96 valence electrons. The molecule has 16 heavy (non-hydrogen) atoms. The lowest BCUT2D eigenvalue weighted by molar-refractivity contribution is 0.0454. The quantitative estimate of drug-likeness (QED) is 0.703. The standard InChI is InChI=1S/C14H29NO/c1-4-9-15-14-8-6-5-7-13(10-14)11-16-12(2)3/h12-15H,4-11H2,1-3H3. The van der Waals surface area contributed by atoms with Crippen LogP contribution in [0.25, 0.3) is 0 Å². The molecule has 1 rings (SSSR count). The van der Waals surface area contributed by atoms with Crippen molar-refractivity contribution >= 4 is 0 Å². The fraction of sp³-hybridized carbons (Fsp3) is 1.00. The lowest BCUT2D eigenvalue weighted by Gasteiger charge is -2.22. The maximum Gasteiger partial charge on any atom is 0.0519 e. The Morgan fingerprint density at radius 1 is 1.25 bits per heavy atom. The molecule has 1 aliphatic rings. The van der Waals surface area contributed by atoms with Gasteiger partial charge < -0.3 is 10.1 Å². The molecule has 0 radical (unpaired) electrons. The minimum atomic E-state index is 0.380. The van der Waals surface area contributed by atoms with Crippen molar-refractivity contribution in [1.82, 2.24) is 5.32 Å². The zero-order valence-electron chi connectivity index (χ0n) is 11.3. The van der Waals surface area contributed by atoms with Crippen LogP contribution in [0.3, 0.4) is 0 Å². The Balaban J connectivity index is 2.27. The summed E-state index contributed by atoms with van der Waals surface area (Å²) >= 11 is 0. The minimum Gasteiger partial charge on any atom is -0.379 e. The molecule has 0 aromatic rings. The summed E-state index contributed by atoms with van der Waals surface area (Å²) in [7, 11) is 0. The molecule has 0 bridgehead atoms. The number of hydrogen-bond donors (Lipinski definition) is 1. The zero-order chi connectivity index (χ0) is 11.8. The average Bonchev–Trinajstić information content (AvgIpc) is 2.48. The Morgan fingerprint density at radius 2 is 2.00 bits per heavy atom. The van der Waals surface area contributed by atoms with E-state index in [9.17, 15) is 0 Å². The van der Waals surface area contributed by atoms with Gasteiger partial charge in [-0.3, -0.25) is 0 Å². The van der Waals surface area contributed by atoms with Gasteiger partial charge in [-0.05, 0) is 52.0 Å². The van der Waals surface area contributed by atoms with Crippen LogP contribution in [0.2, 0.25) is 0 Å². The van der Waals surface area contributed by atoms with Gasteiger partial charge in [0, 0.05) is 12.6 Å². The third-order valence-electron chi connectivity index (χ3n) is 3.38. The molecule has 0 saturated heterocycles. The first kappa shape index (κ1) is 14.0. The fourth-order valence-corrected chi connectivity index (χ4v) is 2.48. The maximum atomic E-state index is 5.76. The molecular formula is C14H29NO. The van der Waals surface area contributed by atoms with Crippen LogP contribution in [-0.2, 0) is 4.74 Å². The predicted octanol–water partition coefficient (Wildman–Crippen LogP) is 3.36. The van der Waals surface area contributed by atoms with Crippen LogP contribution in [0.5, 0.6) is 0 Å². The molecule has 0 heterocycles. The van der Waals surface area contributed by atoms with Crippen molar-refractivity contribution in [3.63, 3.8) is 0 Å². The second kappa shape index (κ2) is 8.08. The van der Waals surface area contributed by atoms with Crippen molar-refractivity contribution in [1.29, 1.82) is 0 Å². The van der Waals surface area contributed by atoms with E-state index < -0.39 is 0 Å². The third kappa shape index (κ3) is 5.86. The van der Waals surface area contributed by atoms with Crippen LogP contribution in [0.1, 0.15) is 59.3 Å². The van der Waals surface area contributed by atoms with Gasteiger partial charge in [0.05, 0.1) is 6.10 Å². The van der Waals surface area contributed by atoms with Gasteiger partial charge in [0.1, 0.15) is 0 Å². The molecule has 0 spiro atoms. The van der Waals surface area contributed by atoms with Crippen LogP contribution in [0, 0.1) is 5.92 Å². The molecule has 0 amide bonds. The molecule has 1 fully saturated rings. The van der Waals surface area contributed by atoms with Crippen molar-refractivity contribution in [2.45, 2.75) is 71.4 Å². The van der Waals surface area contributed by atoms with E-state index in [-0.39, 0.29) is 0 Å². The molecule has 1 aliphatic carbocycles. The van der Waals surface area contributed by atoms with Gasteiger partial charge in [-0.2, -0.15) is 0 Å². The Labute approximate surface area is 101 Å². The van der Waals surface area contributed by atoms with E-state index >= 15 is 0 Å². The summed E-state index contributed by atoms with van der Waals surface area (Å²) in [5, 5.41) is 3.67. The van der Waals surface area contributed by atoms with E-state index in [0.717, 1.165) is 18.6 Å². The first-order chi connectivity index (χ1) is 7.72. The van der Waals surface area contributed by atoms with Gasteiger partial charge in [-0.25, -0.2) is 0 Å². The number of rotatable bonds is 6. The molecule has 1 N–H and O–H groups in total. The summed E-state index contributed by atoms with van der Waals surface area (Å²) in [6.45, 7) is 8.63. The van der Waals surface area contributed by atoms with Gasteiger partial charge >= 0.3 is 0 Å². The maximum absolute atomic E-state index is 5.76. The van der Waals surface area contributed by atoms with Crippen LogP contribution < -0.4 is 5.32 Å². The first-order valence-electron chi connectivity index (χ1n) is 7.07. The van der Waals surface area contributed by atoms with Crippen LogP contribution in [-0.4, -0.2) is 25.3 Å². The van der Waals surface area contributed by atoms with Crippen molar-refractivity contribution in [2.75, 3.05) is 13.2 Å². The highest BCUT2D eigenvalue weighted by Gasteiger charge is 2.19. The van der Waals surface area contributed by atoms with Gasteiger partial charge in [0.2, 0.25) is 0 Å². The first-order valence-corrected chi connectivity index (χ1v) is 7.07. The molecule has 2 nitrogen and oxygen atoms in total. The van der Waals surface area contributed by atoms with Crippen LogP contribution in [0.4, 0.5) is 0 Å². The summed E-state index contributed by atoms with van der Waals surface area (Å²) in [6.07, 6.45) is 8.42. The molecule has 0 aliphatic heterocycles. The van der Waals surface area contributed by atoms with E-state index in [1.54, 1.807) is 0 Å². The molecule has 2 atom stereocenters. The minimum absolute atomic E-state index is 0.380. The highest BCUT2D eigenvalue weighted by atomic mass is 16.5.